The van der Waals surface area contributed by atoms with Gasteiger partial charge in [0.25, 0.3) is 0 Å². The van der Waals surface area contributed by atoms with Gasteiger partial charge in [-0.3, -0.25) is 0 Å². The van der Waals surface area contributed by atoms with Crippen molar-refractivity contribution in [3.05, 3.63) is 32.9 Å². The van der Waals surface area contributed by atoms with Gasteiger partial charge in [0, 0.05) is 6.04 Å². The first kappa shape index (κ1) is 12.7. The summed E-state index contributed by atoms with van der Waals surface area (Å²) >= 11 is 3.10. The van der Waals surface area contributed by atoms with Crippen molar-refractivity contribution in [2.24, 2.45) is 0 Å². The van der Waals surface area contributed by atoms with E-state index < -0.39 is 4.92 Å². The number of rotatable bonds is 4. The molecule has 8 nitrogen and oxygen atoms in total. The van der Waals surface area contributed by atoms with Crippen LogP contribution >= 0.6 is 15.9 Å². The standard InChI is InChI=1S/C9H11BrN6O2/c1-6(2)15-8(11-5-12-15)4-14-3-7(10)9(13-14)16(17)18/h3,5-6H,4H2,1-2H3. The van der Waals surface area contributed by atoms with Gasteiger partial charge in [-0.25, -0.2) is 9.67 Å². The minimum absolute atomic E-state index is 0.177. The van der Waals surface area contributed by atoms with Crippen LogP contribution in [-0.4, -0.2) is 29.5 Å². The molecule has 2 heterocycles. The van der Waals surface area contributed by atoms with Crippen LogP contribution in [0.25, 0.3) is 0 Å². The van der Waals surface area contributed by atoms with Crippen molar-refractivity contribution in [2.75, 3.05) is 0 Å². The van der Waals surface area contributed by atoms with Crippen molar-refractivity contribution < 1.29 is 4.92 Å². The summed E-state index contributed by atoms with van der Waals surface area (Å²) in [5.41, 5.74) is 0. The molecule has 18 heavy (non-hydrogen) atoms. The van der Waals surface area contributed by atoms with E-state index in [1.54, 1.807) is 10.9 Å². The van der Waals surface area contributed by atoms with Gasteiger partial charge in [-0.15, -0.1) is 0 Å². The van der Waals surface area contributed by atoms with Gasteiger partial charge in [0.1, 0.15) is 17.3 Å². The third-order valence-electron chi connectivity index (χ3n) is 2.31. The van der Waals surface area contributed by atoms with Gasteiger partial charge in [0.05, 0.1) is 11.3 Å². The number of nitrogens with zero attached hydrogens (tertiary/aromatic N) is 6. The predicted octanol–water partition coefficient (Wildman–Crippen LogP) is 1.77. The Morgan fingerprint density at radius 1 is 1.56 bits per heavy atom. The van der Waals surface area contributed by atoms with Crippen molar-refractivity contribution >= 4 is 21.7 Å². The Hall–Kier alpha value is -1.77. The Balaban J connectivity index is 2.26. The summed E-state index contributed by atoms with van der Waals surface area (Å²) in [4.78, 5) is 14.3. The summed E-state index contributed by atoms with van der Waals surface area (Å²) in [6.07, 6.45) is 3.01. The van der Waals surface area contributed by atoms with E-state index >= 15 is 0 Å². The molecule has 0 aliphatic carbocycles. The Kier molecular flexibility index (Phi) is 3.41. The fourth-order valence-electron chi connectivity index (χ4n) is 1.56. The maximum absolute atomic E-state index is 10.7. The van der Waals surface area contributed by atoms with Crippen LogP contribution < -0.4 is 0 Å². The average Bonchev–Trinajstić information content (AvgIpc) is 2.85. The first-order valence-electron chi connectivity index (χ1n) is 5.24. The summed E-state index contributed by atoms with van der Waals surface area (Å²) in [6.45, 7) is 4.31. The molecule has 0 unspecified atom stereocenters. The lowest BCUT2D eigenvalue weighted by Crippen LogP contribution is -2.12. The van der Waals surface area contributed by atoms with Crippen molar-refractivity contribution in [1.82, 2.24) is 24.5 Å². The number of aromatic nitrogens is 5. The number of hydrogen-bond acceptors (Lipinski definition) is 5. The van der Waals surface area contributed by atoms with E-state index in [0.29, 0.717) is 16.8 Å². The molecular formula is C9H11BrN6O2. The van der Waals surface area contributed by atoms with Crippen molar-refractivity contribution in [3.8, 4) is 0 Å². The Morgan fingerprint density at radius 3 is 2.83 bits per heavy atom. The summed E-state index contributed by atoms with van der Waals surface area (Å²) < 4.78 is 3.56. The van der Waals surface area contributed by atoms with E-state index in [1.807, 2.05) is 13.8 Å². The number of hydrogen-bond donors (Lipinski definition) is 0. The Morgan fingerprint density at radius 2 is 2.28 bits per heavy atom. The minimum Gasteiger partial charge on any atom is -0.358 e. The van der Waals surface area contributed by atoms with Gasteiger partial charge in [0.15, 0.2) is 5.82 Å². The van der Waals surface area contributed by atoms with Gasteiger partial charge < -0.3 is 10.1 Å². The van der Waals surface area contributed by atoms with E-state index in [-0.39, 0.29) is 11.9 Å². The second-order valence-electron chi connectivity index (χ2n) is 3.97. The zero-order valence-electron chi connectivity index (χ0n) is 9.82. The number of halogens is 1. The van der Waals surface area contributed by atoms with Crippen LogP contribution in [0.4, 0.5) is 5.82 Å². The lowest BCUT2D eigenvalue weighted by atomic mass is 10.4. The maximum atomic E-state index is 10.7. The topological polar surface area (TPSA) is 91.7 Å². The molecule has 0 radical (unpaired) electrons. The van der Waals surface area contributed by atoms with E-state index in [2.05, 4.69) is 31.1 Å². The van der Waals surface area contributed by atoms with Crippen molar-refractivity contribution in [2.45, 2.75) is 26.4 Å². The molecule has 0 bridgehead atoms. The summed E-state index contributed by atoms with van der Waals surface area (Å²) in [5, 5.41) is 18.6. The highest BCUT2D eigenvalue weighted by Crippen LogP contribution is 2.22. The zero-order valence-corrected chi connectivity index (χ0v) is 11.4. The number of nitro groups is 1. The third kappa shape index (κ3) is 2.40. The molecule has 0 aromatic carbocycles. The molecule has 0 N–H and O–H groups in total. The van der Waals surface area contributed by atoms with Gasteiger partial charge in [-0.1, -0.05) is 0 Å². The fourth-order valence-corrected chi connectivity index (χ4v) is 2.02. The molecule has 0 amide bonds. The average molecular weight is 315 g/mol. The molecule has 0 aliphatic rings. The van der Waals surface area contributed by atoms with Gasteiger partial charge in [-0.2, -0.15) is 9.78 Å². The lowest BCUT2D eigenvalue weighted by molar-refractivity contribution is -0.390. The highest BCUT2D eigenvalue weighted by atomic mass is 79.9. The Labute approximate surface area is 111 Å². The molecular weight excluding hydrogens is 304 g/mol. The molecule has 2 aromatic rings. The quantitative estimate of drug-likeness (QED) is 0.633. The van der Waals surface area contributed by atoms with E-state index in [0.717, 1.165) is 0 Å². The van der Waals surface area contributed by atoms with E-state index in [9.17, 15) is 10.1 Å². The Bertz CT molecular complexity index is 575. The molecule has 0 saturated heterocycles. The van der Waals surface area contributed by atoms with Gasteiger partial charge >= 0.3 is 5.82 Å². The summed E-state index contributed by atoms with van der Waals surface area (Å²) in [5.74, 6) is 0.500. The first-order chi connectivity index (χ1) is 8.49. The molecule has 0 spiro atoms. The maximum Gasteiger partial charge on any atom is 0.404 e. The van der Waals surface area contributed by atoms with Crippen LogP contribution in [0.2, 0.25) is 0 Å². The SMILES string of the molecule is CC(C)n1ncnc1Cn1cc(Br)c([N+](=O)[O-])n1. The molecule has 2 rings (SSSR count). The van der Waals surface area contributed by atoms with Gasteiger partial charge in [-0.05, 0) is 34.7 Å². The first-order valence-corrected chi connectivity index (χ1v) is 6.04. The normalized spacial score (nSPS) is 11.1. The molecule has 2 aromatic heterocycles. The second-order valence-corrected chi connectivity index (χ2v) is 4.82. The lowest BCUT2D eigenvalue weighted by Gasteiger charge is -2.07. The zero-order chi connectivity index (χ0) is 13.3. The molecule has 96 valence electrons. The van der Waals surface area contributed by atoms with Crippen LogP contribution in [0, 0.1) is 10.1 Å². The molecule has 0 fully saturated rings. The fraction of sp³-hybridized carbons (Fsp3) is 0.444. The second kappa shape index (κ2) is 4.84. The summed E-state index contributed by atoms with van der Waals surface area (Å²) in [6, 6.07) is 0.177. The van der Waals surface area contributed by atoms with Crippen molar-refractivity contribution in [1.29, 1.82) is 0 Å². The monoisotopic (exact) mass is 314 g/mol. The largest absolute Gasteiger partial charge is 0.404 e. The highest BCUT2D eigenvalue weighted by molar-refractivity contribution is 9.10. The van der Waals surface area contributed by atoms with Gasteiger partial charge in [0.2, 0.25) is 0 Å². The van der Waals surface area contributed by atoms with E-state index in [4.69, 9.17) is 0 Å². The van der Waals surface area contributed by atoms with Crippen LogP contribution in [0.15, 0.2) is 17.0 Å². The van der Waals surface area contributed by atoms with Crippen LogP contribution in [0.5, 0.6) is 0 Å². The predicted molar refractivity (Wildman–Crippen MR) is 66.1 cm³/mol. The molecule has 0 saturated carbocycles. The van der Waals surface area contributed by atoms with E-state index in [1.165, 1.54) is 11.0 Å². The van der Waals surface area contributed by atoms with Crippen molar-refractivity contribution in [3.63, 3.8) is 0 Å². The molecule has 0 aliphatic heterocycles. The summed E-state index contributed by atoms with van der Waals surface area (Å²) in [7, 11) is 0. The third-order valence-corrected chi connectivity index (χ3v) is 2.87. The molecule has 0 atom stereocenters. The molecule has 9 heteroatoms. The van der Waals surface area contributed by atoms with Crippen LogP contribution in [0.3, 0.4) is 0 Å². The smallest absolute Gasteiger partial charge is 0.358 e. The van der Waals surface area contributed by atoms with Crippen LogP contribution in [-0.2, 0) is 6.54 Å². The van der Waals surface area contributed by atoms with Crippen LogP contribution in [0.1, 0.15) is 25.7 Å². The highest BCUT2D eigenvalue weighted by Gasteiger charge is 2.20. The minimum atomic E-state index is -0.534.